The maximum absolute atomic E-state index is 6.02. The van der Waals surface area contributed by atoms with Crippen LogP contribution in [0.15, 0.2) is 94.9 Å². The molecule has 4 aromatic rings. The van der Waals surface area contributed by atoms with E-state index in [1.54, 1.807) is 0 Å². The molecule has 0 aliphatic heterocycles. The molecular weight excluding hydrogens is 507 g/mol. The van der Waals surface area contributed by atoms with Crippen molar-refractivity contribution in [2.75, 3.05) is 0 Å². The van der Waals surface area contributed by atoms with Gasteiger partial charge in [0.15, 0.2) is 0 Å². The molecule has 1 saturated carbocycles. The maximum Gasteiger partial charge on any atom is 0.0659 e. The number of benzene rings is 4. The summed E-state index contributed by atoms with van der Waals surface area (Å²) in [7, 11) is 0. The molecule has 0 radical (unpaired) electrons. The maximum atomic E-state index is 6.02. The fourth-order valence-electron chi connectivity index (χ4n) is 5.48. The number of hydrogen-bond acceptors (Lipinski definition) is 2. The molecule has 0 spiro atoms. The summed E-state index contributed by atoms with van der Waals surface area (Å²) in [5.41, 5.74) is 9.25. The first kappa shape index (κ1) is 26.4. The summed E-state index contributed by atoms with van der Waals surface area (Å²) in [6.45, 7) is 4.32. The molecule has 0 N–H and O–H groups in total. The number of aryl methyl sites for hydroxylation is 2. The predicted molar refractivity (Wildman–Crippen MR) is 164 cm³/mol. The molecule has 192 valence electrons. The highest BCUT2D eigenvalue weighted by molar-refractivity contribution is 6.30. The second-order valence-electron chi connectivity index (χ2n) is 10.3. The molecule has 0 aromatic heterocycles. The Balaban J connectivity index is 1.43. The second-order valence-corrected chi connectivity index (χ2v) is 11.1. The molecule has 0 amide bonds. The third-order valence-corrected chi connectivity index (χ3v) is 8.16. The van der Waals surface area contributed by atoms with Gasteiger partial charge in [0.1, 0.15) is 0 Å². The Hall–Kier alpha value is -3.20. The van der Waals surface area contributed by atoms with Gasteiger partial charge in [-0.15, -0.1) is 0 Å². The highest BCUT2D eigenvalue weighted by atomic mass is 35.5. The molecule has 0 saturated heterocycles. The van der Waals surface area contributed by atoms with Gasteiger partial charge >= 0.3 is 0 Å². The van der Waals surface area contributed by atoms with Crippen LogP contribution in [0, 0.1) is 13.8 Å². The standard InChI is InChI=1S/C34H32Cl2N2/c1-24-20-28(10-16-32(24)37-22-26-6-12-30(35)13-7-26)34(18-4-3-5-19-34)29-11-17-33(25(2)21-29)38-23-27-8-14-31(36)15-9-27/h6-17,20-23H,3-5,18-19H2,1-2H3. The largest absolute Gasteiger partial charge is 0.256 e. The zero-order valence-electron chi connectivity index (χ0n) is 21.9. The van der Waals surface area contributed by atoms with Gasteiger partial charge in [-0.05, 0) is 96.5 Å². The summed E-state index contributed by atoms with van der Waals surface area (Å²) in [6, 6.07) is 29.1. The number of aliphatic imine (C=N–C) groups is 2. The van der Waals surface area contributed by atoms with Gasteiger partial charge in [-0.25, -0.2) is 0 Å². The van der Waals surface area contributed by atoms with Crippen molar-refractivity contribution in [1.82, 2.24) is 0 Å². The van der Waals surface area contributed by atoms with Crippen LogP contribution >= 0.6 is 23.2 Å². The number of hydrogen-bond donors (Lipinski definition) is 0. The third-order valence-electron chi connectivity index (χ3n) is 7.65. The van der Waals surface area contributed by atoms with Crippen LogP contribution in [0.5, 0.6) is 0 Å². The lowest BCUT2D eigenvalue weighted by Gasteiger charge is -2.39. The summed E-state index contributed by atoms with van der Waals surface area (Å²) in [4.78, 5) is 9.54. The Labute approximate surface area is 236 Å². The molecule has 0 atom stereocenters. The van der Waals surface area contributed by atoms with Crippen LogP contribution in [-0.4, -0.2) is 12.4 Å². The molecule has 38 heavy (non-hydrogen) atoms. The fraction of sp³-hybridized carbons (Fsp3) is 0.235. The Bertz CT molecular complexity index is 1350. The average molecular weight is 540 g/mol. The van der Waals surface area contributed by atoms with Crippen LogP contribution in [0.2, 0.25) is 10.0 Å². The minimum atomic E-state index is 0.0185. The zero-order chi connectivity index (χ0) is 26.5. The van der Waals surface area contributed by atoms with E-state index in [9.17, 15) is 0 Å². The topological polar surface area (TPSA) is 24.7 Å². The number of rotatable bonds is 6. The lowest BCUT2D eigenvalue weighted by Crippen LogP contribution is -2.30. The molecule has 0 unspecified atom stereocenters. The average Bonchev–Trinajstić information content (AvgIpc) is 2.94. The SMILES string of the molecule is Cc1cc(C2(c3ccc(N=Cc4ccc(Cl)cc4)c(C)c3)CCCCC2)ccc1N=Cc1ccc(Cl)cc1. The Morgan fingerprint density at radius 2 is 1.00 bits per heavy atom. The van der Waals surface area contributed by atoms with Crippen LogP contribution in [-0.2, 0) is 5.41 Å². The van der Waals surface area contributed by atoms with E-state index >= 15 is 0 Å². The molecule has 1 aliphatic rings. The minimum absolute atomic E-state index is 0.0185. The molecule has 4 heteroatoms. The van der Waals surface area contributed by atoms with Crippen molar-refractivity contribution < 1.29 is 0 Å². The highest BCUT2D eigenvalue weighted by Crippen LogP contribution is 2.46. The summed E-state index contributed by atoms with van der Waals surface area (Å²) in [5, 5.41) is 1.47. The quantitative estimate of drug-likeness (QED) is 0.218. The van der Waals surface area contributed by atoms with E-state index < -0.39 is 0 Å². The van der Waals surface area contributed by atoms with Gasteiger partial charge in [0.2, 0.25) is 0 Å². The lowest BCUT2D eigenvalue weighted by molar-refractivity contribution is 0.346. The molecule has 1 fully saturated rings. The summed E-state index contributed by atoms with van der Waals surface area (Å²) >= 11 is 12.0. The van der Waals surface area contributed by atoms with Crippen LogP contribution in [0.3, 0.4) is 0 Å². The molecular formula is C34H32Cl2N2. The first-order valence-corrected chi connectivity index (χ1v) is 14.0. The van der Waals surface area contributed by atoms with Crippen molar-refractivity contribution in [2.45, 2.75) is 51.4 Å². The Morgan fingerprint density at radius 1 is 0.579 bits per heavy atom. The normalized spacial score (nSPS) is 15.4. The monoisotopic (exact) mass is 538 g/mol. The van der Waals surface area contributed by atoms with E-state index in [-0.39, 0.29) is 5.41 Å². The van der Waals surface area contributed by atoms with Gasteiger partial charge in [0, 0.05) is 27.9 Å². The third kappa shape index (κ3) is 5.93. The van der Waals surface area contributed by atoms with Gasteiger partial charge in [0.25, 0.3) is 0 Å². The van der Waals surface area contributed by atoms with Gasteiger partial charge < -0.3 is 0 Å². The van der Waals surface area contributed by atoms with E-state index in [2.05, 4.69) is 50.2 Å². The summed E-state index contributed by atoms with van der Waals surface area (Å²) < 4.78 is 0. The van der Waals surface area contributed by atoms with Crippen molar-refractivity contribution in [1.29, 1.82) is 0 Å². The van der Waals surface area contributed by atoms with E-state index in [1.165, 1.54) is 41.5 Å². The lowest BCUT2D eigenvalue weighted by atomic mass is 9.65. The van der Waals surface area contributed by atoms with Gasteiger partial charge in [-0.2, -0.15) is 0 Å². The van der Waals surface area contributed by atoms with Crippen molar-refractivity contribution in [3.63, 3.8) is 0 Å². The van der Waals surface area contributed by atoms with E-state index in [0.29, 0.717) is 0 Å². The van der Waals surface area contributed by atoms with E-state index in [4.69, 9.17) is 33.2 Å². The minimum Gasteiger partial charge on any atom is -0.256 e. The van der Waals surface area contributed by atoms with Crippen molar-refractivity contribution >= 4 is 47.0 Å². The molecule has 4 aromatic carbocycles. The second kappa shape index (κ2) is 11.7. The van der Waals surface area contributed by atoms with Crippen LogP contribution in [0.25, 0.3) is 0 Å². The number of halogens is 2. The smallest absolute Gasteiger partial charge is 0.0659 e. The summed E-state index contributed by atoms with van der Waals surface area (Å²) in [6.07, 6.45) is 9.91. The van der Waals surface area contributed by atoms with E-state index in [1.807, 2.05) is 61.0 Å². The molecule has 5 rings (SSSR count). The molecule has 0 bridgehead atoms. The van der Waals surface area contributed by atoms with Gasteiger partial charge in [-0.3, -0.25) is 9.98 Å². The van der Waals surface area contributed by atoms with Crippen LogP contribution in [0.4, 0.5) is 11.4 Å². The van der Waals surface area contributed by atoms with Crippen molar-refractivity contribution in [3.8, 4) is 0 Å². The first-order valence-electron chi connectivity index (χ1n) is 13.2. The molecule has 2 nitrogen and oxygen atoms in total. The van der Waals surface area contributed by atoms with Crippen LogP contribution in [0.1, 0.15) is 65.5 Å². The molecule has 1 aliphatic carbocycles. The highest BCUT2D eigenvalue weighted by Gasteiger charge is 2.36. The van der Waals surface area contributed by atoms with Gasteiger partial charge in [-0.1, -0.05) is 91.0 Å². The summed E-state index contributed by atoms with van der Waals surface area (Å²) in [5.74, 6) is 0. The Morgan fingerprint density at radius 3 is 1.39 bits per heavy atom. The molecule has 0 heterocycles. The zero-order valence-corrected chi connectivity index (χ0v) is 23.4. The van der Waals surface area contributed by atoms with Crippen LogP contribution < -0.4 is 0 Å². The van der Waals surface area contributed by atoms with Crippen molar-refractivity contribution in [3.05, 3.63) is 128 Å². The Kier molecular flexibility index (Phi) is 8.12. The van der Waals surface area contributed by atoms with E-state index in [0.717, 1.165) is 45.4 Å². The number of nitrogens with zero attached hydrogens (tertiary/aromatic N) is 2. The fourth-order valence-corrected chi connectivity index (χ4v) is 5.73. The first-order chi connectivity index (χ1) is 18.4. The predicted octanol–water partition coefficient (Wildman–Crippen LogP) is 10.4. The van der Waals surface area contributed by atoms with Crippen molar-refractivity contribution in [2.24, 2.45) is 9.98 Å². The van der Waals surface area contributed by atoms with Gasteiger partial charge in [0.05, 0.1) is 11.4 Å².